The van der Waals surface area contributed by atoms with E-state index in [0.29, 0.717) is 15.4 Å². The van der Waals surface area contributed by atoms with Crippen molar-refractivity contribution in [1.82, 2.24) is 9.97 Å². The van der Waals surface area contributed by atoms with Crippen molar-refractivity contribution in [2.24, 2.45) is 0 Å². The van der Waals surface area contributed by atoms with Crippen molar-refractivity contribution < 1.29 is 8.42 Å². The molecule has 0 spiro atoms. The zero-order valence-electron chi connectivity index (χ0n) is 12.2. The summed E-state index contributed by atoms with van der Waals surface area (Å²) in [7, 11) is -1.99. The van der Waals surface area contributed by atoms with Crippen molar-refractivity contribution in [2.75, 3.05) is 11.4 Å². The van der Waals surface area contributed by atoms with E-state index in [1.807, 2.05) is 13.0 Å². The van der Waals surface area contributed by atoms with Crippen molar-refractivity contribution >= 4 is 38.1 Å². The lowest BCUT2D eigenvalue weighted by molar-refractivity contribution is 0.596. The van der Waals surface area contributed by atoms with Crippen molar-refractivity contribution in [3.05, 3.63) is 47.6 Å². The molecule has 5 nitrogen and oxygen atoms in total. The summed E-state index contributed by atoms with van der Waals surface area (Å²) in [4.78, 5) is 9.46. The number of aromatic nitrogens is 2. The Bertz CT molecular complexity index is 919. The highest BCUT2D eigenvalue weighted by Crippen LogP contribution is 2.28. The van der Waals surface area contributed by atoms with Gasteiger partial charge < -0.3 is 0 Å². The quantitative estimate of drug-likeness (QED) is 0.736. The zero-order chi connectivity index (χ0) is 15.7. The molecule has 0 aliphatic heterocycles. The van der Waals surface area contributed by atoms with Gasteiger partial charge in [0.1, 0.15) is 4.21 Å². The third-order valence-electron chi connectivity index (χ3n) is 3.42. The number of sulfonamides is 1. The molecule has 0 radical (unpaired) electrons. The van der Waals surface area contributed by atoms with E-state index in [1.54, 1.807) is 43.7 Å². The minimum absolute atomic E-state index is 0.353. The molecule has 0 aliphatic rings. The standard InChI is InChI=1S/C15H15N3O2S2/c1-3-12-5-7-15(21-12)22(19,20)18(2)11-4-6-13-14(10-11)17-9-8-16-13/h4-10H,3H2,1-2H3. The van der Waals surface area contributed by atoms with Gasteiger partial charge in [-0.3, -0.25) is 14.3 Å². The molecule has 2 aromatic heterocycles. The Morgan fingerprint density at radius 1 is 1.09 bits per heavy atom. The summed E-state index contributed by atoms with van der Waals surface area (Å²) >= 11 is 1.31. The number of benzene rings is 1. The number of anilines is 1. The molecule has 0 saturated heterocycles. The highest BCUT2D eigenvalue weighted by atomic mass is 32.2. The van der Waals surface area contributed by atoms with Gasteiger partial charge in [0.05, 0.1) is 16.7 Å². The van der Waals surface area contributed by atoms with Gasteiger partial charge in [0.25, 0.3) is 10.0 Å². The second kappa shape index (κ2) is 5.66. The van der Waals surface area contributed by atoms with Gasteiger partial charge in [-0.25, -0.2) is 8.42 Å². The average Bonchev–Trinajstić information content (AvgIpc) is 3.03. The Balaban J connectivity index is 2.01. The van der Waals surface area contributed by atoms with Crippen LogP contribution in [0.3, 0.4) is 0 Å². The minimum atomic E-state index is -3.55. The van der Waals surface area contributed by atoms with Crippen LogP contribution in [0.5, 0.6) is 0 Å². The highest BCUT2D eigenvalue weighted by molar-refractivity contribution is 7.94. The van der Waals surface area contributed by atoms with Gasteiger partial charge in [-0.2, -0.15) is 0 Å². The third-order valence-corrected chi connectivity index (χ3v) is 6.90. The van der Waals surface area contributed by atoms with Gasteiger partial charge in [0.15, 0.2) is 0 Å². The number of hydrogen-bond donors (Lipinski definition) is 0. The molecular weight excluding hydrogens is 318 g/mol. The summed E-state index contributed by atoms with van der Waals surface area (Å²) in [5.74, 6) is 0. The maximum atomic E-state index is 12.7. The SMILES string of the molecule is CCc1ccc(S(=O)(=O)N(C)c2ccc3nccnc3c2)s1. The largest absolute Gasteiger partial charge is 0.273 e. The van der Waals surface area contributed by atoms with E-state index in [4.69, 9.17) is 0 Å². The van der Waals surface area contributed by atoms with E-state index >= 15 is 0 Å². The monoisotopic (exact) mass is 333 g/mol. The third kappa shape index (κ3) is 2.57. The highest BCUT2D eigenvalue weighted by Gasteiger charge is 2.23. The molecule has 2 heterocycles. The zero-order valence-corrected chi connectivity index (χ0v) is 13.9. The fourth-order valence-corrected chi connectivity index (χ4v) is 4.76. The van der Waals surface area contributed by atoms with Gasteiger partial charge in [0, 0.05) is 24.3 Å². The van der Waals surface area contributed by atoms with E-state index in [1.165, 1.54) is 15.6 Å². The van der Waals surface area contributed by atoms with Crippen LogP contribution in [0.1, 0.15) is 11.8 Å². The lowest BCUT2D eigenvalue weighted by Gasteiger charge is -2.18. The van der Waals surface area contributed by atoms with E-state index in [9.17, 15) is 8.42 Å². The molecule has 3 aromatic rings. The molecule has 3 rings (SSSR count). The molecule has 7 heteroatoms. The summed E-state index contributed by atoms with van der Waals surface area (Å²) in [5.41, 5.74) is 1.98. The summed E-state index contributed by atoms with van der Waals surface area (Å²) in [6.07, 6.45) is 4.03. The fraction of sp³-hybridized carbons (Fsp3) is 0.200. The minimum Gasteiger partial charge on any atom is -0.269 e. The Morgan fingerprint density at radius 2 is 1.82 bits per heavy atom. The van der Waals surface area contributed by atoms with Gasteiger partial charge in [0.2, 0.25) is 0 Å². The molecule has 0 unspecified atom stereocenters. The van der Waals surface area contributed by atoms with E-state index < -0.39 is 10.0 Å². The number of fused-ring (bicyclic) bond motifs is 1. The maximum absolute atomic E-state index is 12.7. The molecule has 0 amide bonds. The molecule has 0 fully saturated rings. The Morgan fingerprint density at radius 3 is 2.50 bits per heavy atom. The number of nitrogens with zero attached hydrogens (tertiary/aromatic N) is 3. The molecule has 0 bridgehead atoms. The van der Waals surface area contributed by atoms with Gasteiger partial charge in [-0.15, -0.1) is 11.3 Å². The fourth-order valence-electron chi connectivity index (χ4n) is 2.11. The van der Waals surface area contributed by atoms with E-state index in [-0.39, 0.29) is 0 Å². The summed E-state index contributed by atoms with van der Waals surface area (Å²) in [5, 5.41) is 0. The van der Waals surface area contributed by atoms with Crippen molar-refractivity contribution in [3.8, 4) is 0 Å². The molecule has 114 valence electrons. The van der Waals surface area contributed by atoms with Crippen LogP contribution in [0.15, 0.2) is 46.9 Å². The van der Waals surface area contributed by atoms with Crippen LogP contribution in [0, 0.1) is 0 Å². The molecule has 0 N–H and O–H groups in total. The summed E-state index contributed by atoms with van der Waals surface area (Å²) < 4.78 is 27.0. The van der Waals surface area contributed by atoms with Crippen LogP contribution >= 0.6 is 11.3 Å². The topological polar surface area (TPSA) is 63.2 Å². The molecule has 0 aliphatic carbocycles. The van der Waals surface area contributed by atoms with Crippen LogP contribution in [0.25, 0.3) is 11.0 Å². The smallest absolute Gasteiger partial charge is 0.269 e. The van der Waals surface area contributed by atoms with Gasteiger partial charge >= 0.3 is 0 Å². The molecule has 1 aromatic carbocycles. The number of thiophene rings is 1. The number of aryl methyl sites for hydroxylation is 1. The van der Waals surface area contributed by atoms with Crippen LogP contribution in [0.2, 0.25) is 0 Å². The average molecular weight is 333 g/mol. The van der Waals surface area contributed by atoms with Gasteiger partial charge in [-0.05, 0) is 36.8 Å². The van der Waals surface area contributed by atoms with Crippen LogP contribution in [-0.2, 0) is 16.4 Å². The first-order valence-corrected chi connectivity index (χ1v) is 9.06. The lowest BCUT2D eigenvalue weighted by Crippen LogP contribution is -2.25. The lowest BCUT2D eigenvalue weighted by atomic mass is 10.2. The van der Waals surface area contributed by atoms with E-state index in [2.05, 4.69) is 9.97 Å². The Hall–Kier alpha value is -1.99. The Labute approximate surface area is 133 Å². The maximum Gasteiger partial charge on any atom is 0.273 e. The van der Waals surface area contributed by atoms with Crippen molar-refractivity contribution in [2.45, 2.75) is 17.6 Å². The first-order chi connectivity index (χ1) is 10.5. The molecule has 22 heavy (non-hydrogen) atoms. The van der Waals surface area contributed by atoms with Crippen LogP contribution in [-0.4, -0.2) is 25.4 Å². The van der Waals surface area contributed by atoms with Gasteiger partial charge in [-0.1, -0.05) is 6.92 Å². The summed E-state index contributed by atoms with van der Waals surface area (Å²) in [6, 6.07) is 8.76. The first kappa shape index (κ1) is 14.9. The van der Waals surface area contributed by atoms with Crippen molar-refractivity contribution in [3.63, 3.8) is 0 Å². The molecule has 0 saturated carbocycles. The Kier molecular flexibility index (Phi) is 3.84. The molecular formula is C15H15N3O2S2. The van der Waals surface area contributed by atoms with Crippen molar-refractivity contribution in [1.29, 1.82) is 0 Å². The van der Waals surface area contributed by atoms with E-state index in [0.717, 1.165) is 16.8 Å². The normalized spacial score (nSPS) is 11.7. The molecule has 0 atom stereocenters. The first-order valence-electron chi connectivity index (χ1n) is 6.81. The number of rotatable bonds is 4. The summed E-state index contributed by atoms with van der Waals surface area (Å²) in [6.45, 7) is 2.01. The second-order valence-electron chi connectivity index (χ2n) is 4.78. The van der Waals surface area contributed by atoms with Crippen LogP contribution < -0.4 is 4.31 Å². The second-order valence-corrected chi connectivity index (χ2v) is 8.14. The van der Waals surface area contributed by atoms with Crippen LogP contribution in [0.4, 0.5) is 5.69 Å². The predicted octanol–water partition coefficient (Wildman–Crippen LogP) is 3.08. The number of hydrogen-bond acceptors (Lipinski definition) is 5. The predicted molar refractivity (Wildman–Crippen MR) is 88.8 cm³/mol.